The van der Waals surface area contributed by atoms with Gasteiger partial charge in [-0.2, -0.15) is 24.4 Å². The molecule has 37 heavy (non-hydrogen) atoms. The van der Waals surface area contributed by atoms with Crippen LogP contribution in [0.3, 0.4) is 0 Å². The molecule has 0 saturated heterocycles. The van der Waals surface area contributed by atoms with Crippen molar-refractivity contribution in [1.82, 2.24) is 20.9 Å². The minimum absolute atomic E-state index is 0.0538. The minimum atomic E-state index is -1.22. The largest absolute Gasteiger partial charge is 0.480 e. The molecule has 0 saturated carbocycles. The predicted octanol–water partition coefficient (Wildman–Crippen LogP) is 1.31. The molecular weight excluding hydrogens is 514 g/mol. The van der Waals surface area contributed by atoms with Gasteiger partial charge in [0.1, 0.15) is 18.1 Å². The summed E-state index contributed by atoms with van der Waals surface area (Å²) in [6, 6.07) is 3.49. The van der Waals surface area contributed by atoms with Crippen LogP contribution >= 0.6 is 24.4 Å². The van der Waals surface area contributed by atoms with Gasteiger partial charge in [-0.1, -0.05) is 38.5 Å². The highest BCUT2D eigenvalue weighted by Gasteiger charge is 2.30. The molecule has 204 valence electrons. The van der Waals surface area contributed by atoms with Gasteiger partial charge in [0.25, 0.3) is 0 Å². The van der Waals surface area contributed by atoms with E-state index < -0.39 is 47.9 Å². The van der Waals surface area contributed by atoms with E-state index in [0.29, 0.717) is 18.6 Å². The van der Waals surface area contributed by atoms with Crippen molar-refractivity contribution in [1.29, 1.82) is 0 Å². The number of aromatic amines is 1. The first-order valence-corrected chi connectivity index (χ1v) is 14.2. The van der Waals surface area contributed by atoms with Crippen LogP contribution in [0.25, 0.3) is 10.9 Å². The van der Waals surface area contributed by atoms with E-state index in [1.54, 1.807) is 6.20 Å². The molecule has 2 aromatic rings. The number of aliphatic carboxylic acids is 1. The van der Waals surface area contributed by atoms with E-state index in [-0.39, 0.29) is 18.1 Å². The van der Waals surface area contributed by atoms with E-state index in [0.717, 1.165) is 16.5 Å². The first-order valence-electron chi connectivity index (χ1n) is 12.2. The topological polar surface area (TPSA) is 166 Å². The van der Waals surface area contributed by atoms with Gasteiger partial charge in [0.2, 0.25) is 17.7 Å². The number of thiol groups is 1. The van der Waals surface area contributed by atoms with Crippen LogP contribution in [0, 0.1) is 5.92 Å². The number of carbonyl (C=O) groups excluding carboxylic acids is 3. The van der Waals surface area contributed by atoms with E-state index in [4.69, 9.17) is 5.73 Å². The summed E-state index contributed by atoms with van der Waals surface area (Å²) in [6.07, 6.45) is 4.70. The van der Waals surface area contributed by atoms with Gasteiger partial charge >= 0.3 is 5.97 Å². The molecule has 1 aromatic carbocycles. The zero-order valence-corrected chi connectivity index (χ0v) is 23.0. The third-order valence-electron chi connectivity index (χ3n) is 6.33. The molecule has 0 aliphatic heterocycles. The summed E-state index contributed by atoms with van der Waals surface area (Å²) in [5, 5.41) is 18.4. The van der Waals surface area contributed by atoms with E-state index in [2.05, 4.69) is 33.6 Å². The van der Waals surface area contributed by atoms with Crippen molar-refractivity contribution in [2.75, 3.05) is 17.8 Å². The average molecular weight is 552 g/mol. The molecule has 0 aliphatic rings. The van der Waals surface area contributed by atoms with Crippen LogP contribution in [-0.2, 0) is 25.6 Å². The van der Waals surface area contributed by atoms with Crippen molar-refractivity contribution in [3.63, 3.8) is 0 Å². The number of fused-ring (bicyclic) bond motifs is 1. The van der Waals surface area contributed by atoms with Gasteiger partial charge in [0.05, 0.1) is 6.04 Å². The highest BCUT2D eigenvalue weighted by Crippen LogP contribution is 2.19. The van der Waals surface area contributed by atoms with Crippen LogP contribution in [0.5, 0.6) is 0 Å². The molecule has 0 fully saturated rings. The van der Waals surface area contributed by atoms with E-state index in [9.17, 15) is 24.3 Å². The Morgan fingerprint density at radius 1 is 1.05 bits per heavy atom. The minimum Gasteiger partial charge on any atom is -0.480 e. The van der Waals surface area contributed by atoms with Crippen molar-refractivity contribution in [2.45, 2.75) is 57.3 Å². The number of thioether (sulfide) groups is 1. The van der Waals surface area contributed by atoms with E-state index in [1.807, 2.05) is 44.4 Å². The van der Waals surface area contributed by atoms with Gasteiger partial charge in [0, 0.05) is 29.3 Å². The van der Waals surface area contributed by atoms with Crippen molar-refractivity contribution in [3.8, 4) is 0 Å². The summed E-state index contributed by atoms with van der Waals surface area (Å²) in [4.78, 5) is 53.6. The third kappa shape index (κ3) is 8.68. The van der Waals surface area contributed by atoms with Gasteiger partial charge < -0.3 is 31.8 Å². The van der Waals surface area contributed by atoms with Gasteiger partial charge in [-0.05, 0) is 36.0 Å². The maximum Gasteiger partial charge on any atom is 0.326 e. The number of carbonyl (C=O) groups is 4. The van der Waals surface area contributed by atoms with Crippen molar-refractivity contribution in [2.24, 2.45) is 11.7 Å². The molecule has 0 spiro atoms. The standard InChI is InChI=1S/C25H37N5O5S2/c1-4-14(2)21(26)24(33)28-18(9-10-37-3)22(31)30-20(13-36)23(32)29-19(25(34)35)11-15-12-27-17-8-6-5-7-16(15)17/h5-8,12,14,18-21,27,36H,4,9-11,13,26H2,1-3H3,(H,28,33)(H,29,32)(H,30,31)(H,34,35). The number of hydrogen-bond donors (Lipinski definition) is 7. The Kier molecular flexibility index (Phi) is 12.3. The normalized spacial score (nSPS) is 15.3. The van der Waals surface area contributed by atoms with Crippen molar-refractivity contribution < 1.29 is 24.3 Å². The Balaban J connectivity index is 2.08. The number of rotatable bonds is 15. The number of H-pyrrole nitrogens is 1. The lowest BCUT2D eigenvalue weighted by molar-refractivity contribution is -0.142. The summed E-state index contributed by atoms with van der Waals surface area (Å²) in [5.74, 6) is -2.41. The molecule has 12 heteroatoms. The second-order valence-corrected chi connectivity index (χ2v) is 10.3. The van der Waals surface area contributed by atoms with Crippen molar-refractivity contribution >= 4 is 59.0 Å². The number of hydrogen-bond acceptors (Lipinski definition) is 7. The third-order valence-corrected chi connectivity index (χ3v) is 7.34. The molecule has 1 aromatic heterocycles. The van der Waals surface area contributed by atoms with Crippen LogP contribution in [0.15, 0.2) is 30.5 Å². The smallest absolute Gasteiger partial charge is 0.326 e. The molecule has 0 radical (unpaired) electrons. The lowest BCUT2D eigenvalue weighted by Crippen LogP contribution is -2.58. The van der Waals surface area contributed by atoms with E-state index in [1.165, 1.54) is 11.8 Å². The Bertz CT molecular complexity index is 1080. The van der Waals surface area contributed by atoms with Crippen LogP contribution in [-0.4, -0.2) is 75.7 Å². The molecule has 7 N–H and O–H groups in total. The summed E-state index contributed by atoms with van der Waals surface area (Å²) < 4.78 is 0. The number of aromatic nitrogens is 1. The fraction of sp³-hybridized carbons (Fsp3) is 0.520. The van der Waals surface area contributed by atoms with Gasteiger partial charge in [0.15, 0.2) is 0 Å². The lowest BCUT2D eigenvalue weighted by atomic mass is 9.99. The van der Waals surface area contributed by atoms with E-state index >= 15 is 0 Å². The number of carboxylic acid groups (broad SMARTS) is 1. The summed E-state index contributed by atoms with van der Waals surface area (Å²) in [7, 11) is 0. The Morgan fingerprint density at radius 2 is 1.68 bits per heavy atom. The first-order chi connectivity index (χ1) is 17.6. The monoisotopic (exact) mass is 551 g/mol. The number of amides is 3. The number of nitrogens with two attached hydrogens (primary N) is 1. The molecule has 0 bridgehead atoms. The van der Waals surface area contributed by atoms with Crippen molar-refractivity contribution in [3.05, 3.63) is 36.0 Å². The van der Waals surface area contributed by atoms with Crippen LogP contribution in [0.1, 0.15) is 32.3 Å². The van der Waals surface area contributed by atoms with Crippen LogP contribution in [0.2, 0.25) is 0 Å². The van der Waals surface area contributed by atoms with Gasteiger partial charge in [-0.25, -0.2) is 4.79 Å². The lowest BCUT2D eigenvalue weighted by Gasteiger charge is -2.25. The molecule has 5 unspecified atom stereocenters. The molecule has 1 heterocycles. The fourth-order valence-electron chi connectivity index (χ4n) is 3.74. The van der Waals surface area contributed by atoms with Gasteiger partial charge in [-0.15, -0.1) is 0 Å². The predicted molar refractivity (Wildman–Crippen MR) is 150 cm³/mol. The second kappa shape index (κ2) is 14.9. The Hall–Kier alpha value is -2.70. The first kappa shape index (κ1) is 30.5. The van der Waals surface area contributed by atoms with Gasteiger partial charge in [-0.3, -0.25) is 14.4 Å². The maximum atomic E-state index is 13.0. The summed E-state index contributed by atoms with van der Waals surface area (Å²) >= 11 is 5.70. The summed E-state index contributed by atoms with van der Waals surface area (Å²) in [5.41, 5.74) is 7.62. The highest BCUT2D eigenvalue weighted by atomic mass is 32.2. The average Bonchev–Trinajstić information content (AvgIpc) is 3.30. The Labute approximate surface area is 226 Å². The molecule has 10 nitrogen and oxygen atoms in total. The second-order valence-electron chi connectivity index (χ2n) is 8.96. The van der Waals surface area contributed by atoms with Crippen LogP contribution < -0.4 is 21.7 Å². The SMILES string of the molecule is CCC(C)C(N)C(=O)NC(CCSC)C(=O)NC(CS)C(=O)NC(Cc1c[nH]c2ccccc12)C(=O)O. The fourth-order valence-corrected chi connectivity index (χ4v) is 4.47. The number of para-hydroxylation sites is 1. The molecule has 2 rings (SSSR count). The molecular formula is C25H37N5O5S2. The molecule has 5 atom stereocenters. The molecule has 0 aliphatic carbocycles. The summed E-state index contributed by atoms with van der Waals surface area (Å²) in [6.45, 7) is 3.78. The maximum absolute atomic E-state index is 13.0. The zero-order valence-electron chi connectivity index (χ0n) is 21.3. The number of benzene rings is 1. The molecule has 3 amide bonds. The van der Waals surface area contributed by atoms with Crippen LogP contribution in [0.4, 0.5) is 0 Å². The quantitative estimate of drug-likeness (QED) is 0.164. The zero-order chi connectivity index (χ0) is 27.5. The Morgan fingerprint density at radius 3 is 2.30 bits per heavy atom. The highest BCUT2D eigenvalue weighted by molar-refractivity contribution is 7.98. The number of nitrogens with one attached hydrogen (secondary N) is 4. The number of carboxylic acids is 1.